The second kappa shape index (κ2) is 6.96. The Labute approximate surface area is 166 Å². The van der Waals surface area contributed by atoms with E-state index in [-0.39, 0.29) is 29.4 Å². The molecule has 28 heavy (non-hydrogen) atoms. The SMILES string of the molecule is C[C@@]12C[C@H]3[C@H](Cc4ccccc4)N[C@@H]1CCCC[C@@H]2N3C(=O)c1ncccn1. The van der Waals surface area contributed by atoms with Crippen molar-refractivity contribution in [1.82, 2.24) is 20.2 Å². The molecule has 0 spiro atoms. The van der Waals surface area contributed by atoms with Crippen molar-refractivity contribution in [3.8, 4) is 0 Å². The van der Waals surface area contributed by atoms with E-state index in [9.17, 15) is 4.79 Å². The van der Waals surface area contributed by atoms with E-state index in [4.69, 9.17) is 0 Å². The maximum absolute atomic E-state index is 13.5. The number of fused-ring (bicyclic) bond motifs is 1. The van der Waals surface area contributed by atoms with E-state index in [1.165, 1.54) is 24.8 Å². The number of nitrogens with one attached hydrogen (secondary N) is 1. The van der Waals surface area contributed by atoms with Crippen molar-refractivity contribution in [2.75, 3.05) is 0 Å². The van der Waals surface area contributed by atoms with Gasteiger partial charge >= 0.3 is 0 Å². The molecule has 2 aromatic rings. The van der Waals surface area contributed by atoms with E-state index in [2.05, 4.69) is 57.4 Å². The van der Waals surface area contributed by atoms with Crippen LogP contribution in [0.1, 0.15) is 55.2 Å². The Bertz CT molecular complexity index is 842. The first kappa shape index (κ1) is 17.8. The maximum atomic E-state index is 13.5. The van der Waals surface area contributed by atoms with Gasteiger partial charge in [0.2, 0.25) is 5.82 Å². The Morgan fingerprint density at radius 1 is 1.14 bits per heavy atom. The zero-order valence-electron chi connectivity index (χ0n) is 16.4. The van der Waals surface area contributed by atoms with Gasteiger partial charge in [0.15, 0.2) is 0 Å². The Balaban J connectivity index is 1.52. The van der Waals surface area contributed by atoms with Crippen LogP contribution in [0.3, 0.4) is 0 Å². The van der Waals surface area contributed by atoms with Crippen LogP contribution in [0.15, 0.2) is 48.8 Å². The third-order valence-corrected chi connectivity index (χ3v) is 7.29. The molecule has 1 aromatic carbocycles. The number of benzene rings is 1. The quantitative estimate of drug-likeness (QED) is 0.894. The fourth-order valence-corrected chi connectivity index (χ4v) is 5.95. The molecule has 2 bridgehead atoms. The lowest BCUT2D eigenvalue weighted by molar-refractivity contribution is 0.0599. The molecule has 0 radical (unpaired) electrons. The van der Waals surface area contributed by atoms with Crippen LogP contribution >= 0.6 is 0 Å². The summed E-state index contributed by atoms with van der Waals surface area (Å²) in [5, 5.41) is 3.98. The van der Waals surface area contributed by atoms with Crippen LogP contribution in [-0.2, 0) is 6.42 Å². The number of carbonyl (C=O) groups excluding carboxylic acids is 1. The molecule has 0 unspecified atom stereocenters. The summed E-state index contributed by atoms with van der Waals surface area (Å²) in [6.45, 7) is 2.39. The van der Waals surface area contributed by atoms with E-state index >= 15 is 0 Å². The van der Waals surface area contributed by atoms with Gasteiger partial charge in [-0.1, -0.05) is 50.1 Å². The van der Waals surface area contributed by atoms with Crippen molar-refractivity contribution < 1.29 is 4.79 Å². The predicted molar refractivity (Wildman–Crippen MR) is 108 cm³/mol. The van der Waals surface area contributed by atoms with E-state index < -0.39 is 0 Å². The van der Waals surface area contributed by atoms with Gasteiger partial charge in [0.25, 0.3) is 5.91 Å². The van der Waals surface area contributed by atoms with Gasteiger partial charge in [-0.25, -0.2) is 9.97 Å². The monoisotopic (exact) mass is 376 g/mol. The molecule has 5 heteroatoms. The molecule has 3 aliphatic rings. The fraction of sp³-hybridized carbons (Fsp3) is 0.522. The number of piperidine rings is 1. The van der Waals surface area contributed by atoms with Gasteiger partial charge in [-0.15, -0.1) is 0 Å². The molecular weight excluding hydrogens is 348 g/mol. The minimum Gasteiger partial charge on any atom is -0.328 e. The summed E-state index contributed by atoms with van der Waals surface area (Å²) in [5.74, 6) is 0.333. The second-order valence-electron chi connectivity index (χ2n) is 8.88. The van der Waals surface area contributed by atoms with E-state index in [0.717, 1.165) is 19.3 Å². The number of aromatic nitrogens is 2. The van der Waals surface area contributed by atoms with Crippen LogP contribution < -0.4 is 5.32 Å². The average Bonchev–Trinajstić information content (AvgIpc) is 2.88. The van der Waals surface area contributed by atoms with Crippen molar-refractivity contribution in [2.45, 2.75) is 69.6 Å². The zero-order chi connectivity index (χ0) is 19.1. The molecular formula is C23H28N4O. The first-order chi connectivity index (χ1) is 13.7. The minimum atomic E-state index is 0.00161. The van der Waals surface area contributed by atoms with Crippen LogP contribution in [0.25, 0.3) is 0 Å². The van der Waals surface area contributed by atoms with Gasteiger partial charge in [-0.3, -0.25) is 4.79 Å². The first-order valence-electron chi connectivity index (χ1n) is 10.6. The van der Waals surface area contributed by atoms with Crippen LogP contribution in [-0.4, -0.2) is 44.9 Å². The molecule has 1 aliphatic carbocycles. The summed E-state index contributed by atoms with van der Waals surface area (Å²) in [7, 11) is 0. The van der Waals surface area contributed by atoms with Gasteiger partial charge in [0.1, 0.15) is 0 Å². The Kier molecular flexibility index (Phi) is 4.43. The van der Waals surface area contributed by atoms with Crippen molar-refractivity contribution in [3.05, 3.63) is 60.2 Å². The lowest BCUT2D eigenvalue weighted by Crippen LogP contribution is -2.57. The molecule has 3 fully saturated rings. The standard InChI is InChI=1S/C23H28N4O/c1-23-15-18-17(14-16-8-3-2-4-9-16)26-19(23)10-5-6-11-20(23)27(18)22(28)21-24-12-7-13-25-21/h2-4,7-9,12-13,17-20,26H,5-6,10-11,14-15H2,1H3/t17-,18-,19+,20-,23+/m0/s1. The third kappa shape index (κ3) is 2.84. The molecule has 1 N–H and O–H groups in total. The Morgan fingerprint density at radius 3 is 2.68 bits per heavy atom. The second-order valence-corrected chi connectivity index (χ2v) is 8.88. The van der Waals surface area contributed by atoms with Crippen molar-refractivity contribution in [1.29, 1.82) is 0 Å². The van der Waals surface area contributed by atoms with E-state index in [0.29, 0.717) is 11.9 Å². The summed E-state index contributed by atoms with van der Waals surface area (Å²) in [6, 6.07) is 13.6. The highest BCUT2D eigenvalue weighted by Crippen LogP contribution is 2.52. The number of amides is 1. The van der Waals surface area contributed by atoms with Crippen molar-refractivity contribution >= 4 is 5.91 Å². The number of carbonyl (C=O) groups is 1. The predicted octanol–water partition coefficient (Wildman–Crippen LogP) is 3.22. The topological polar surface area (TPSA) is 58.1 Å². The minimum absolute atomic E-state index is 0.00161. The van der Waals surface area contributed by atoms with Crippen LogP contribution in [0, 0.1) is 5.41 Å². The summed E-state index contributed by atoms with van der Waals surface area (Å²) in [4.78, 5) is 24.2. The van der Waals surface area contributed by atoms with E-state index in [1.807, 2.05) is 0 Å². The molecule has 5 nitrogen and oxygen atoms in total. The highest BCUT2D eigenvalue weighted by Gasteiger charge is 2.60. The summed E-state index contributed by atoms with van der Waals surface area (Å²) < 4.78 is 0. The van der Waals surface area contributed by atoms with Gasteiger partial charge < -0.3 is 10.2 Å². The number of hydrogen-bond acceptors (Lipinski definition) is 4. The maximum Gasteiger partial charge on any atom is 0.292 e. The zero-order valence-corrected chi connectivity index (χ0v) is 16.4. The van der Waals surface area contributed by atoms with E-state index in [1.54, 1.807) is 18.5 Å². The normalized spacial score (nSPS) is 34.1. The largest absolute Gasteiger partial charge is 0.328 e. The molecule has 2 saturated heterocycles. The first-order valence-corrected chi connectivity index (χ1v) is 10.6. The molecule has 3 heterocycles. The number of nitrogens with zero attached hydrogens (tertiary/aromatic N) is 3. The van der Waals surface area contributed by atoms with Gasteiger partial charge in [0.05, 0.1) is 0 Å². The number of likely N-dealkylation sites (tertiary alicyclic amines) is 1. The van der Waals surface area contributed by atoms with Crippen molar-refractivity contribution in [2.24, 2.45) is 5.41 Å². The van der Waals surface area contributed by atoms with Crippen LogP contribution in [0.2, 0.25) is 0 Å². The molecule has 1 saturated carbocycles. The van der Waals surface area contributed by atoms with Crippen LogP contribution in [0.5, 0.6) is 0 Å². The molecule has 5 atom stereocenters. The molecule has 5 rings (SSSR count). The Morgan fingerprint density at radius 2 is 1.89 bits per heavy atom. The summed E-state index contributed by atoms with van der Waals surface area (Å²) in [5.41, 5.74) is 1.46. The molecule has 2 aliphatic heterocycles. The smallest absolute Gasteiger partial charge is 0.292 e. The lowest BCUT2D eigenvalue weighted by atomic mass is 9.70. The Hall–Kier alpha value is -2.27. The molecule has 1 aromatic heterocycles. The fourth-order valence-electron chi connectivity index (χ4n) is 5.95. The van der Waals surface area contributed by atoms with Gasteiger partial charge in [0, 0.05) is 42.0 Å². The lowest BCUT2D eigenvalue weighted by Gasteiger charge is -2.43. The molecule has 146 valence electrons. The van der Waals surface area contributed by atoms with Gasteiger partial charge in [-0.05, 0) is 37.3 Å². The molecule has 1 amide bonds. The number of hydrogen-bond donors (Lipinski definition) is 1. The highest BCUT2D eigenvalue weighted by atomic mass is 16.2. The van der Waals surface area contributed by atoms with Gasteiger partial charge in [-0.2, -0.15) is 0 Å². The average molecular weight is 377 g/mol. The third-order valence-electron chi connectivity index (χ3n) is 7.29. The van der Waals surface area contributed by atoms with Crippen LogP contribution in [0.4, 0.5) is 0 Å². The van der Waals surface area contributed by atoms with Crippen molar-refractivity contribution in [3.63, 3.8) is 0 Å². The summed E-state index contributed by atoms with van der Waals surface area (Å²) in [6.07, 6.45) is 10.1. The summed E-state index contributed by atoms with van der Waals surface area (Å²) >= 11 is 0. The number of rotatable bonds is 3. The highest BCUT2D eigenvalue weighted by molar-refractivity contribution is 5.91.